The molecule has 4 heteroatoms. The summed E-state index contributed by atoms with van der Waals surface area (Å²) in [5.41, 5.74) is 5.28. The fraction of sp³-hybridized carbons (Fsp3) is 0.294. The van der Waals surface area contributed by atoms with Gasteiger partial charge in [-0.05, 0) is 34.2 Å². The van der Waals surface area contributed by atoms with Crippen molar-refractivity contribution in [1.29, 1.82) is 0 Å². The molecule has 112 valence electrons. The first-order chi connectivity index (χ1) is 9.84. The third-order valence-corrected chi connectivity index (χ3v) is 3.52. The number of nitrogens with two attached hydrogens (primary N) is 1. The molecule has 0 aromatic heterocycles. The van der Waals surface area contributed by atoms with E-state index in [9.17, 15) is 8.78 Å². The molecule has 0 saturated heterocycles. The molecule has 1 unspecified atom stereocenters. The Kier molecular flexibility index (Phi) is 4.40. The molecule has 2 aromatic rings. The molecular formula is C17H20F2N2. The molecule has 0 aliphatic rings. The smallest absolute Gasteiger partial charge is 0.159 e. The van der Waals surface area contributed by atoms with Crippen LogP contribution in [-0.4, -0.2) is 0 Å². The molecule has 3 N–H and O–H groups in total. The molecule has 2 aromatic carbocycles. The molecule has 2 nitrogen and oxygen atoms in total. The predicted molar refractivity (Wildman–Crippen MR) is 80.7 cm³/mol. The van der Waals surface area contributed by atoms with Gasteiger partial charge in [0.2, 0.25) is 0 Å². The van der Waals surface area contributed by atoms with Crippen LogP contribution in [0.5, 0.6) is 0 Å². The van der Waals surface area contributed by atoms with Crippen molar-refractivity contribution in [3.05, 3.63) is 70.8 Å². The number of hydrogen-bond donors (Lipinski definition) is 2. The second-order valence-corrected chi connectivity index (χ2v) is 6.11. The minimum atomic E-state index is -0.874. The summed E-state index contributed by atoms with van der Waals surface area (Å²) in [4.78, 5) is 0. The van der Waals surface area contributed by atoms with Gasteiger partial charge >= 0.3 is 0 Å². The number of hydrazine groups is 1. The van der Waals surface area contributed by atoms with Crippen molar-refractivity contribution in [3.63, 3.8) is 0 Å². The predicted octanol–water partition coefficient (Wildman–Crippen LogP) is 3.82. The Balaban J connectivity index is 2.54. The Labute approximate surface area is 124 Å². The Bertz CT molecular complexity index is 633. The van der Waals surface area contributed by atoms with E-state index in [0.717, 1.165) is 17.2 Å². The van der Waals surface area contributed by atoms with Crippen molar-refractivity contribution in [3.8, 4) is 0 Å². The second-order valence-electron chi connectivity index (χ2n) is 6.11. The number of halogens is 2. The Morgan fingerprint density at radius 1 is 1.00 bits per heavy atom. The van der Waals surface area contributed by atoms with Crippen LogP contribution in [0.1, 0.15) is 43.5 Å². The van der Waals surface area contributed by atoms with E-state index in [-0.39, 0.29) is 5.41 Å². The highest BCUT2D eigenvalue weighted by molar-refractivity contribution is 5.40. The highest BCUT2D eigenvalue weighted by Crippen LogP contribution is 2.32. The van der Waals surface area contributed by atoms with Crippen molar-refractivity contribution < 1.29 is 8.78 Å². The summed E-state index contributed by atoms with van der Waals surface area (Å²) in [5.74, 6) is 3.93. The zero-order valence-electron chi connectivity index (χ0n) is 12.5. The SMILES string of the molecule is CC(C)(C)c1ccccc1C(NN)c1ccc(F)c(F)c1. The maximum atomic E-state index is 13.5. The van der Waals surface area contributed by atoms with Gasteiger partial charge in [-0.25, -0.2) is 14.2 Å². The van der Waals surface area contributed by atoms with Gasteiger partial charge in [-0.15, -0.1) is 0 Å². The average Bonchev–Trinajstić information content (AvgIpc) is 2.43. The van der Waals surface area contributed by atoms with Gasteiger partial charge in [-0.1, -0.05) is 51.1 Å². The van der Waals surface area contributed by atoms with Crippen molar-refractivity contribution in [1.82, 2.24) is 5.43 Å². The zero-order valence-corrected chi connectivity index (χ0v) is 12.5. The van der Waals surface area contributed by atoms with Crippen LogP contribution in [0.3, 0.4) is 0 Å². The minimum Gasteiger partial charge on any atom is -0.271 e. The summed E-state index contributed by atoms with van der Waals surface area (Å²) < 4.78 is 26.6. The van der Waals surface area contributed by atoms with Crippen molar-refractivity contribution in [2.45, 2.75) is 32.2 Å². The van der Waals surface area contributed by atoms with E-state index in [4.69, 9.17) is 5.84 Å². The maximum absolute atomic E-state index is 13.5. The largest absolute Gasteiger partial charge is 0.271 e. The summed E-state index contributed by atoms with van der Waals surface area (Å²) in [6, 6.07) is 11.3. The number of benzene rings is 2. The quantitative estimate of drug-likeness (QED) is 0.666. The standard InChI is InChI=1S/C17H20F2N2/c1-17(2,3)13-7-5-4-6-12(13)16(21-20)11-8-9-14(18)15(19)10-11/h4-10,16,21H,20H2,1-3H3. The van der Waals surface area contributed by atoms with Crippen LogP contribution >= 0.6 is 0 Å². The highest BCUT2D eigenvalue weighted by atomic mass is 19.2. The molecule has 1 atom stereocenters. The van der Waals surface area contributed by atoms with Gasteiger partial charge in [-0.3, -0.25) is 5.84 Å². The molecule has 0 saturated carbocycles. The molecule has 0 aliphatic heterocycles. The lowest BCUT2D eigenvalue weighted by atomic mass is 9.80. The Morgan fingerprint density at radius 2 is 1.67 bits per heavy atom. The fourth-order valence-electron chi connectivity index (χ4n) is 2.49. The average molecular weight is 290 g/mol. The van der Waals surface area contributed by atoms with Crippen molar-refractivity contribution in [2.75, 3.05) is 0 Å². The molecule has 21 heavy (non-hydrogen) atoms. The van der Waals surface area contributed by atoms with Crippen LogP contribution in [0.2, 0.25) is 0 Å². The van der Waals surface area contributed by atoms with Crippen LogP contribution in [0.15, 0.2) is 42.5 Å². The number of nitrogens with one attached hydrogen (secondary N) is 1. The van der Waals surface area contributed by atoms with Gasteiger partial charge in [0, 0.05) is 0 Å². The summed E-state index contributed by atoms with van der Waals surface area (Å²) >= 11 is 0. The van der Waals surface area contributed by atoms with Crippen molar-refractivity contribution >= 4 is 0 Å². The summed E-state index contributed by atoms with van der Waals surface area (Å²) in [6.07, 6.45) is 0. The third kappa shape index (κ3) is 3.28. The van der Waals surface area contributed by atoms with Crippen LogP contribution < -0.4 is 11.3 Å². The molecule has 0 fully saturated rings. The van der Waals surface area contributed by atoms with Gasteiger partial charge in [0.05, 0.1) is 6.04 Å². The van der Waals surface area contributed by atoms with Gasteiger partial charge in [0.15, 0.2) is 11.6 Å². The number of hydrogen-bond acceptors (Lipinski definition) is 2. The molecule has 2 rings (SSSR count). The fourth-order valence-corrected chi connectivity index (χ4v) is 2.49. The maximum Gasteiger partial charge on any atom is 0.159 e. The number of rotatable bonds is 3. The Morgan fingerprint density at radius 3 is 2.24 bits per heavy atom. The zero-order chi connectivity index (χ0) is 15.6. The monoisotopic (exact) mass is 290 g/mol. The van der Waals surface area contributed by atoms with E-state index in [1.165, 1.54) is 6.07 Å². The van der Waals surface area contributed by atoms with E-state index in [1.807, 2.05) is 24.3 Å². The van der Waals surface area contributed by atoms with Gasteiger partial charge in [-0.2, -0.15) is 0 Å². The van der Waals surface area contributed by atoms with E-state index in [1.54, 1.807) is 6.07 Å². The topological polar surface area (TPSA) is 38.0 Å². The lowest BCUT2D eigenvalue weighted by Gasteiger charge is -2.27. The van der Waals surface area contributed by atoms with E-state index >= 15 is 0 Å². The summed E-state index contributed by atoms with van der Waals surface area (Å²) in [7, 11) is 0. The second kappa shape index (κ2) is 5.92. The molecule has 0 aliphatic carbocycles. The molecule has 0 radical (unpaired) electrons. The molecule has 0 bridgehead atoms. The Hall–Kier alpha value is -1.78. The highest BCUT2D eigenvalue weighted by Gasteiger charge is 2.23. The van der Waals surface area contributed by atoms with Gasteiger partial charge < -0.3 is 0 Å². The summed E-state index contributed by atoms with van der Waals surface area (Å²) in [6.45, 7) is 6.31. The van der Waals surface area contributed by atoms with E-state index < -0.39 is 17.7 Å². The van der Waals surface area contributed by atoms with Crippen LogP contribution in [0.25, 0.3) is 0 Å². The summed E-state index contributed by atoms with van der Waals surface area (Å²) in [5, 5.41) is 0. The molecular weight excluding hydrogens is 270 g/mol. The lowest BCUT2D eigenvalue weighted by molar-refractivity contribution is 0.502. The minimum absolute atomic E-state index is 0.0791. The first kappa shape index (κ1) is 15.6. The molecule has 0 spiro atoms. The van der Waals surface area contributed by atoms with E-state index in [2.05, 4.69) is 26.2 Å². The molecule has 0 amide bonds. The first-order valence-electron chi connectivity index (χ1n) is 6.85. The van der Waals surface area contributed by atoms with Gasteiger partial charge in [0.25, 0.3) is 0 Å². The van der Waals surface area contributed by atoms with Crippen LogP contribution in [-0.2, 0) is 5.41 Å². The lowest BCUT2D eigenvalue weighted by Crippen LogP contribution is -2.31. The first-order valence-corrected chi connectivity index (χ1v) is 6.85. The normalized spacial score (nSPS) is 13.2. The van der Waals surface area contributed by atoms with Crippen molar-refractivity contribution in [2.24, 2.45) is 5.84 Å². The molecule has 0 heterocycles. The van der Waals surface area contributed by atoms with Crippen LogP contribution in [0.4, 0.5) is 8.78 Å². The van der Waals surface area contributed by atoms with Gasteiger partial charge in [0.1, 0.15) is 0 Å². The third-order valence-electron chi connectivity index (χ3n) is 3.52. The van der Waals surface area contributed by atoms with E-state index in [0.29, 0.717) is 5.56 Å². The van der Waals surface area contributed by atoms with Crippen LogP contribution in [0, 0.1) is 11.6 Å².